The van der Waals surface area contributed by atoms with E-state index >= 15 is 0 Å². The average Bonchev–Trinajstić information content (AvgIpc) is 2.40. The van der Waals surface area contributed by atoms with E-state index in [1.54, 1.807) is 18.2 Å². The number of carbonyl (C=O) groups excluding carboxylic acids is 1. The molecule has 0 aliphatic carbocycles. The summed E-state index contributed by atoms with van der Waals surface area (Å²) in [4.78, 5) is 11.9. The molecule has 1 aromatic carbocycles. The Morgan fingerprint density at radius 3 is 3.11 bits per heavy atom. The summed E-state index contributed by atoms with van der Waals surface area (Å²) in [6.07, 6.45) is -0.538. The van der Waals surface area contributed by atoms with Crippen LogP contribution in [0.1, 0.15) is 5.56 Å². The Balaban J connectivity index is 2.11. The van der Waals surface area contributed by atoms with Crippen molar-refractivity contribution in [3.63, 3.8) is 0 Å². The molecule has 1 atom stereocenters. The van der Waals surface area contributed by atoms with Gasteiger partial charge in [0.15, 0.2) is 0 Å². The van der Waals surface area contributed by atoms with E-state index in [1.165, 1.54) is 0 Å². The number of benzene rings is 1. The summed E-state index contributed by atoms with van der Waals surface area (Å²) >= 11 is 5.84. The SMILES string of the molecule is N#Cc1ccc(Cl)cc1NC(=O)C1CNCCO1. The van der Waals surface area contributed by atoms with Gasteiger partial charge in [0.2, 0.25) is 0 Å². The maximum absolute atomic E-state index is 11.9. The van der Waals surface area contributed by atoms with Crippen LogP contribution in [0.3, 0.4) is 0 Å². The molecule has 18 heavy (non-hydrogen) atoms. The molecule has 1 saturated heterocycles. The van der Waals surface area contributed by atoms with Crippen molar-refractivity contribution in [2.45, 2.75) is 6.10 Å². The van der Waals surface area contributed by atoms with Crippen LogP contribution in [0.2, 0.25) is 5.02 Å². The lowest BCUT2D eigenvalue weighted by atomic mass is 10.2. The summed E-state index contributed by atoms with van der Waals surface area (Å²) in [7, 11) is 0. The highest BCUT2D eigenvalue weighted by molar-refractivity contribution is 6.31. The summed E-state index contributed by atoms with van der Waals surface area (Å²) in [6, 6.07) is 6.72. The van der Waals surface area contributed by atoms with Gasteiger partial charge in [0.05, 0.1) is 17.9 Å². The van der Waals surface area contributed by atoms with Crippen molar-refractivity contribution < 1.29 is 9.53 Å². The Kier molecular flexibility index (Phi) is 4.15. The van der Waals surface area contributed by atoms with Crippen molar-refractivity contribution in [3.05, 3.63) is 28.8 Å². The molecule has 0 radical (unpaired) electrons. The van der Waals surface area contributed by atoms with E-state index in [0.29, 0.717) is 29.4 Å². The summed E-state index contributed by atoms with van der Waals surface area (Å²) in [5.41, 5.74) is 0.778. The molecule has 1 amide bonds. The van der Waals surface area contributed by atoms with Gasteiger partial charge in [0.25, 0.3) is 5.91 Å². The highest BCUT2D eigenvalue weighted by Crippen LogP contribution is 2.20. The molecule has 2 rings (SSSR count). The molecule has 1 unspecified atom stereocenters. The zero-order valence-electron chi connectivity index (χ0n) is 9.57. The quantitative estimate of drug-likeness (QED) is 0.841. The molecule has 1 aliphatic heterocycles. The first kappa shape index (κ1) is 12.8. The van der Waals surface area contributed by atoms with E-state index < -0.39 is 6.10 Å². The molecule has 94 valence electrons. The van der Waals surface area contributed by atoms with E-state index in [0.717, 1.165) is 6.54 Å². The van der Waals surface area contributed by atoms with E-state index in [2.05, 4.69) is 10.6 Å². The molecule has 1 aliphatic rings. The summed E-state index contributed by atoms with van der Waals surface area (Å²) < 4.78 is 5.33. The molecular weight excluding hydrogens is 254 g/mol. The van der Waals surface area contributed by atoms with Crippen LogP contribution < -0.4 is 10.6 Å². The fourth-order valence-corrected chi connectivity index (χ4v) is 1.84. The average molecular weight is 266 g/mol. The maximum atomic E-state index is 11.9. The third-order valence-corrected chi connectivity index (χ3v) is 2.82. The van der Waals surface area contributed by atoms with Gasteiger partial charge in [-0.05, 0) is 18.2 Å². The van der Waals surface area contributed by atoms with Crippen LogP contribution in [0.15, 0.2) is 18.2 Å². The zero-order valence-corrected chi connectivity index (χ0v) is 10.3. The Morgan fingerprint density at radius 1 is 1.61 bits per heavy atom. The number of anilines is 1. The standard InChI is InChI=1S/C12H12ClN3O2/c13-9-2-1-8(6-14)10(5-9)16-12(17)11-7-15-3-4-18-11/h1-2,5,11,15H,3-4,7H2,(H,16,17). The zero-order chi connectivity index (χ0) is 13.0. The first-order valence-electron chi connectivity index (χ1n) is 5.53. The fraction of sp³-hybridized carbons (Fsp3) is 0.333. The second-order valence-electron chi connectivity index (χ2n) is 3.85. The number of carbonyl (C=O) groups is 1. The molecule has 1 fully saturated rings. The number of rotatable bonds is 2. The number of amides is 1. The highest BCUT2D eigenvalue weighted by Gasteiger charge is 2.22. The van der Waals surface area contributed by atoms with Crippen molar-refractivity contribution in [3.8, 4) is 6.07 Å². The van der Waals surface area contributed by atoms with E-state index in [9.17, 15) is 4.79 Å². The third-order valence-electron chi connectivity index (χ3n) is 2.58. The largest absolute Gasteiger partial charge is 0.366 e. The minimum absolute atomic E-state index is 0.277. The van der Waals surface area contributed by atoms with Crippen LogP contribution in [0.4, 0.5) is 5.69 Å². The predicted octanol–water partition coefficient (Wildman–Crippen LogP) is 1.14. The first-order valence-corrected chi connectivity index (χ1v) is 5.91. The molecule has 2 N–H and O–H groups in total. The molecule has 6 heteroatoms. The van der Waals surface area contributed by atoms with Crippen LogP contribution in [0, 0.1) is 11.3 Å². The minimum atomic E-state index is -0.538. The second kappa shape index (κ2) is 5.83. The Hall–Kier alpha value is -1.61. The molecule has 0 aromatic heterocycles. The van der Waals surface area contributed by atoms with Crippen molar-refractivity contribution in [1.29, 1.82) is 5.26 Å². The monoisotopic (exact) mass is 265 g/mol. The molecule has 0 spiro atoms. The summed E-state index contributed by atoms with van der Waals surface area (Å²) in [5, 5.41) is 15.1. The lowest BCUT2D eigenvalue weighted by molar-refractivity contribution is -0.128. The van der Waals surface area contributed by atoms with Crippen molar-refractivity contribution in [2.24, 2.45) is 0 Å². The van der Waals surface area contributed by atoms with E-state index in [4.69, 9.17) is 21.6 Å². The number of ether oxygens (including phenoxy) is 1. The van der Waals surface area contributed by atoms with Gasteiger partial charge in [-0.1, -0.05) is 11.6 Å². The van der Waals surface area contributed by atoms with Gasteiger partial charge in [-0.25, -0.2) is 0 Å². The number of hydrogen-bond acceptors (Lipinski definition) is 4. The molecule has 1 heterocycles. The van der Waals surface area contributed by atoms with Gasteiger partial charge in [0, 0.05) is 18.1 Å². The van der Waals surface area contributed by atoms with Gasteiger partial charge in [-0.15, -0.1) is 0 Å². The van der Waals surface area contributed by atoms with Crippen LogP contribution in [0.25, 0.3) is 0 Å². The van der Waals surface area contributed by atoms with Crippen molar-refractivity contribution >= 4 is 23.2 Å². The molecule has 0 bridgehead atoms. The van der Waals surface area contributed by atoms with Gasteiger partial charge >= 0.3 is 0 Å². The van der Waals surface area contributed by atoms with Crippen molar-refractivity contribution in [2.75, 3.05) is 25.0 Å². The predicted molar refractivity (Wildman–Crippen MR) is 67.4 cm³/mol. The topological polar surface area (TPSA) is 74.2 Å². The van der Waals surface area contributed by atoms with Crippen LogP contribution in [0.5, 0.6) is 0 Å². The number of nitrogens with one attached hydrogen (secondary N) is 2. The van der Waals surface area contributed by atoms with Gasteiger partial charge in [-0.3, -0.25) is 4.79 Å². The van der Waals surface area contributed by atoms with Crippen LogP contribution in [-0.2, 0) is 9.53 Å². The smallest absolute Gasteiger partial charge is 0.254 e. The number of morpholine rings is 1. The maximum Gasteiger partial charge on any atom is 0.254 e. The Labute approximate surface area is 110 Å². The highest BCUT2D eigenvalue weighted by atomic mass is 35.5. The van der Waals surface area contributed by atoms with Crippen LogP contribution in [-0.4, -0.2) is 31.7 Å². The third kappa shape index (κ3) is 2.99. The number of hydrogen-bond donors (Lipinski definition) is 2. The molecule has 5 nitrogen and oxygen atoms in total. The lowest BCUT2D eigenvalue weighted by Crippen LogP contribution is -2.45. The number of nitriles is 1. The normalized spacial score (nSPS) is 19.0. The number of nitrogens with zero attached hydrogens (tertiary/aromatic N) is 1. The van der Waals surface area contributed by atoms with Gasteiger partial charge < -0.3 is 15.4 Å². The molecular formula is C12H12ClN3O2. The molecule has 1 aromatic rings. The van der Waals surface area contributed by atoms with Crippen LogP contribution >= 0.6 is 11.6 Å². The Bertz CT molecular complexity index is 493. The minimum Gasteiger partial charge on any atom is -0.366 e. The molecule has 0 saturated carbocycles. The fourth-order valence-electron chi connectivity index (χ4n) is 1.66. The summed E-state index contributed by atoms with van der Waals surface area (Å²) in [6.45, 7) is 1.71. The lowest BCUT2D eigenvalue weighted by Gasteiger charge is -2.22. The first-order chi connectivity index (χ1) is 8.70. The van der Waals surface area contributed by atoms with Gasteiger partial charge in [-0.2, -0.15) is 5.26 Å². The van der Waals surface area contributed by atoms with Gasteiger partial charge in [0.1, 0.15) is 12.2 Å². The van der Waals surface area contributed by atoms with E-state index in [-0.39, 0.29) is 5.91 Å². The number of halogens is 1. The Morgan fingerprint density at radius 2 is 2.44 bits per heavy atom. The van der Waals surface area contributed by atoms with E-state index in [1.807, 2.05) is 6.07 Å². The second-order valence-corrected chi connectivity index (χ2v) is 4.29. The van der Waals surface area contributed by atoms with Crippen molar-refractivity contribution in [1.82, 2.24) is 5.32 Å². The summed E-state index contributed by atoms with van der Waals surface area (Å²) in [5.74, 6) is -0.277.